The molecule has 2 aliphatic rings. The number of carboxylic acid groups (broad SMARTS) is 1. The summed E-state index contributed by atoms with van der Waals surface area (Å²) < 4.78 is 13.0. The quantitative estimate of drug-likeness (QED) is 0.222. The highest BCUT2D eigenvalue weighted by molar-refractivity contribution is 5.72. The van der Waals surface area contributed by atoms with Gasteiger partial charge in [-0.3, -0.25) is 14.7 Å². The van der Waals surface area contributed by atoms with Crippen LogP contribution in [0.4, 0.5) is 0 Å². The van der Waals surface area contributed by atoms with Crippen molar-refractivity contribution in [3.05, 3.63) is 112 Å². The van der Waals surface area contributed by atoms with Crippen molar-refractivity contribution >= 4 is 5.97 Å². The monoisotopic (exact) mass is 598 g/mol. The Labute approximate surface area is 263 Å². The first-order valence-electron chi connectivity index (χ1n) is 15.3. The van der Waals surface area contributed by atoms with E-state index in [-0.39, 0.29) is 19.1 Å². The summed E-state index contributed by atoms with van der Waals surface area (Å²) in [7, 11) is 0. The van der Waals surface area contributed by atoms with Crippen molar-refractivity contribution in [1.29, 1.82) is 10.5 Å². The molecule has 0 saturated carbocycles. The van der Waals surface area contributed by atoms with Crippen LogP contribution in [-0.2, 0) is 37.4 Å². The molecule has 3 aromatic carbocycles. The molecule has 0 bridgehead atoms. The molecule has 8 heteroatoms. The van der Waals surface area contributed by atoms with Gasteiger partial charge in [0.2, 0.25) is 0 Å². The summed E-state index contributed by atoms with van der Waals surface area (Å²) in [6.45, 7) is 2.39. The van der Waals surface area contributed by atoms with Crippen LogP contribution in [0, 0.1) is 28.6 Å². The standard InChI is InChI=1S/C37H34N4O4/c38-17-25-15-26(20-40-19-25)23-44-36-16-35(45-24-29-9-4-11-30(33(29)18-39)27-7-2-1-3-8-27)32-13-5-12-31(32)34(36)22-41-14-6-10-28(21-41)37(42)43/h1-4,7-9,11,15-16,19-20,28H,5-6,10,12-14,21-24H2,(H,42,43)/t28-/m1/s1. The van der Waals surface area contributed by atoms with E-state index < -0.39 is 5.97 Å². The number of nitrogens with zero attached hydrogens (tertiary/aromatic N) is 4. The lowest BCUT2D eigenvalue weighted by Crippen LogP contribution is -2.38. The summed E-state index contributed by atoms with van der Waals surface area (Å²) in [5.41, 5.74) is 7.91. The maximum absolute atomic E-state index is 11.8. The number of likely N-dealkylation sites (tertiary alicyclic amines) is 1. The molecule has 0 spiro atoms. The van der Waals surface area contributed by atoms with Gasteiger partial charge in [-0.15, -0.1) is 0 Å². The first-order chi connectivity index (χ1) is 22.0. The third-order valence-corrected chi connectivity index (χ3v) is 8.72. The van der Waals surface area contributed by atoms with Crippen molar-refractivity contribution in [3.63, 3.8) is 0 Å². The second-order valence-corrected chi connectivity index (χ2v) is 11.7. The van der Waals surface area contributed by atoms with Crippen LogP contribution in [0.3, 0.4) is 0 Å². The van der Waals surface area contributed by atoms with E-state index in [1.165, 1.54) is 11.8 Å². The molecule has 1 aliphatic heterocycles. The van der Waals surface area contributed by atoms with Crippen molar-refractivity contribution < 1.29 is 19.4 Å². The van der Waals surface area contributed by atoms with E-state index in [1.807, 2.05) is 54.6 Å². The Kier molecular flexibility index (Phi) is 9.05. The van der Waals surface area contributed by atoms with Gasteiger partial charge in [0, 0.05) is 48.2 Å². The highest BCUT2D eigenvalue weighted by Gasteiger charge is 2.29. The maximum Gasteiger partial charge on any atom is 0.307 e. The minimum atomic E-state index is -0.747. The molecule has 0 unspecified atom stereocenters. The zero-order valence-corrected chi connectivity index (χ0v) is 25.0. The van der Waals surface area contributed by atoms with E-state index >= 15 is 0 Å². The van der Waals surface area contributed by atoms with Crippen molar-refractivity contribution in [2.75, 3.05) is 13.1 Å². The molecule has 8 nitrogen and oxygen atoms in total. The first kappa shape index (κ1) is 29.9. The van der Waals surface area contributed by atoms with Gasteiger partial charge in [0.05, 0.1) is 17.0 Å². The molecular formula is C37H34N4O4. The molecule has 1 atom stereocenters. The molecule has 0 amide bonds. The van der Waals surface area contributed by atoms with Crippen LogP contribution in [0.5, 0.6) is 11.5 Å². The second kappa shape index (κ2) is 13.6. The van der Waals surface area contributed by atoms with Crippen LogP contribution in [0.1, 0.15) is 58.2 Å². The third kappa shape index (κ3) is 6.67. The number of aromatic nitrogens is 1. The summed E-state index contributed by atoms with van der Waals surface area (Å²) in [5, 5.41) is 29.1. The van der Waals surface area contributed by atoms with Gasteiger partial charge in [0.15, 0.2) is 0 Å². The lowest BCUT2D eigenvalue weighted by molar-refractivity contribution is -0.143. The second-order valence-electron chi connectivity index (χ2n) is 11.7. The average molecular weight is 599 g/mol. The maximum atomic E-state index is 11.8. The number of aliphatic carboxylic acids is 1. The molecule has 4 aromatic rings. The van der Waals surface area contributed by atoms with E-state index in [1.54, 1.807) is 12.3 Å². The Morgan fingerprint density at radius 3 is 2.56 bits per heavy atom. The van der Waals surface area contributed by atoms with E-state index in [0.717, 1.165) is 71.4 Å². The number of carbonyl (C=O) groups is 1. The average Bonchev–Trinajstić information content (AvgIpc) is 3.58. The number of rotatable bonds is 10. The smallest absolute Gasteiger partial charge is 0.307 e. The van der Waals surface area contributed by atoms with Crippen LogP contribution in [0.25, 0.3) is 11.1 Å². The van der Waals surface area contributed by atoms with Crippen LogP contribution < -0.4 is 9.47 Å². The molecule has 1 aliphatic carbocycles. The van der Waals surface area contributed by atoms with Gasteiger partial charge in [-0.2, -0.15) is 10.5 Å². The molecule has 0 radical (unpaired) electrons. The van der Waals surface area contributed by atoms with Crippen molar-refractivity contribution in [2.45, 2.75) is 51.9 Å². The molecule has 1 aromatic heterocycles. The van der Waals surface area contributed by atoms with E-state index in [0.29, 0.717) is 36.4 Å². The van der Waals surface area contributed by atoms with Crippen LogP contribution in [0.2, 0.25) is 0 Å². The van der Waals surface area contributed by atoms with E-state index in [9.17, 15) is 20.4 Å². The van der Waals surface area contributed by atoms with Crippen LogP contribution in [0.15, 0.2) is 73.1 Å². The van der Waals surface area contributed by atoms with Gasteiger partial charge >= 0.3 is 5.97 Å². The Bertz CT molecular complexity index is 1790. The van der Waals surface area contributed by atoms with E-state index in [4.69, 9.17) is 9.47 Å². The van der Waals surface area contributed by atoms with Crippen molar-refractivity contribution in [2.24, 2.45) is 5.92 Å². The number of hydrogen-bond donors (Lipinski definition) is 1. The number of fused-ring (bicyclic) bond motifs is 1. The summed E-state index contributed by atoms with van der Waals surface area (Å²) in [4.78, 5) is 18.2. The molecule has 2 heterocycles. The number of piperidine rings is 1. The summed E-state index contributed by atoms with van der Waals surface area (Å²) >= 11 is 0. The molecular weight excluding hydrogens is 564 g/mol. The summed E-state index contributed by atoms with van der Waals surface area (Å²) in [6.07, 6.45) is 7.49. The molecule has 1 N–H and O–H groups in total. The number of pyridine rings is 1. The van der Waals surface area contributed by atoms with E-state index in [2.05, 4.69) is 22.0 Å². The molecule has 6 rings (SSSR count). The van der Waals surface area contributed by atoms with Crippen molar-refractivity contribution in [3.8, 4) is 34.8 Å². The van der Waals surface area contributed by atoms with Crippen LogP contribution >= 0.6 is 0 Å². The van der Waals surface area contributed by atoms with Gasteiger partial charge in [-0.05, 0) is 67.0 Å². The normalized spacial score (nSPS) is 15.9. The molecule has 1 saturated heterocycles. The highest BCUT2D eigenvalue weighted by Crippen LogP contribution is 2.41. The van der Waals surface area contributed by atoms with Gasteiger partial charge in [-0.25, -0.2) is 0 Å². The highest BCUT2D eigenvalue weighted by atomic mass is 16.5. The molecule has 1 fully saturated rings. The summed E-state index contributed by atoms with van der Waals surface area (Å²) in [6, 6.07) is 24.0. The number of carboxylic acids is 1. The minimum absolute atomic E-state index is 0.225. The largest absolute Gasteiger partial charge is 0.488 e. The van der Waals surface area contributed by atoms with Crippen LogP contribution in [-0.4, -0.2) is 34.0 Å². The fourth-order valence-corrected chi connectivity index (χ4v) is 6.50. The predicted octanol–water partition coefficient (Wildman–Crippen LogP) is 6.44. The number of hydrogen-bond acceptors (Lipinski definition) is 7. The van der Waals surface area contributed by atoms with Gasteiger partial charge in [0.25, 0.3) is 0 Å². The number of nitriles is 2. The zero-order valence-electron chi connectivity index (χ0n) is 25.0. The first-order valence-corrected chi connectivity index (χ1v) is 15.3. The Balaban J connectivity index is 1.32. The number of ether oxygens (including phenoxy) is 2. The fourth-order valence-electron chi connectivity index (χ4n) is 6.50. The van der Waals surface area contributed by atoms with Gasteiger partial charge in [0.1, 0.15) is 36.9 Å². The Hall–Kier alpha value is -5.18. The number of benzene rings is 3. The van der Waals surface area contributed by atoms with Gasteiger partial charge in [-0.1, -0.05) is 48.5 Å². The Morgan fingerprint density at radius 1 is 0.933 bits per heavy atom. The lowest BCUT2D eigenvalue weighted by atomic mass is 9.95. The fraction of sp³-hybridized carbons (Fsp3) is 0.297. The summed E-state index contributed by atoms with van der Waals surface area (Å²) in [5.74, 6) is 0.299. The van der Waals surface area contributed by atoms with Gasteiger partial charge < -0.3 is 14.6 Å². The molecule has 45 heavy (non-hydrogen) atoms. The minimum Gasteiger partial charge on any atom is -0.488 e. The predicted molar refractivity (Wildman–Crippen MR) is 168 cm³/mol. The van der Waals surface area contributed by atoms with Crippen molar-refractivity contribution in [1.82, 2.24) is 9.88 Å². The lowest BCUT2D eigenvalue weighted by Gasteiger charge is -2.32. The zero-order chi connectivity index (χ0) is 31.2. The topological polar surface area (TPSA) is 119 Å². The molecule has 226 valence electrons. The third-order valence-electron chi connectivity index (χ3n) is 8.72. The Morgan fingerprint density at radius 2 is 1.76 bits per heavy atom. The SMILES string of the molecule is N#Cc1cncc(COc2cc(OCc3cccc(-c4ccccc4)c3C#N)c3c(c2CN2CCC[C@@H](C(=O)O)C2)CCC3)c1.